The second-order valence-corrected chi connectivity index (χ2v) is 7.18. The van der Waals surface area contributed by atoms with Crippen LogP contribution in [0.2, 0.25) is 0 Å². The van der Waals surface area contributed by atoms with Gasteiger partial charge in [-0.25, -0.2) is 0 Å². The van der Waals surface area contributed by atoms with Crippen molar-refractivity contribution in [3.8, 4) is 0 Å². The minimum Gasteiger partial charge on any atom is -0.389 e. The highest BCUT2D eigenvalue weighted by molar-refractivity contribution is 7.85. The first-order valence-corrected chi connectivity index (χ1v) is 10.3. The zero-order valence-electron chi connectivity index (χ0n) is 14.9. The summed E-state index contributed by atoms with van der Waals surface area (Å²) in [5, 5.41) is 22.6. The van der Waals surface area contributed by atoms with Gasteiger partial charge in [-0.05, 0) is 6.42 Å². The second kappa shape index (κ2) is 17.1. The van der Waals surface area contributed by atoms with Gasteiger partial charge in [0.05, 0.1) is 18.5 Å². The van der Waals surface area contributed by atoms with Crippen LogP contribution < -0.4 is 27.0 Å². The molecule has 0 aromatic rings. The van der Waals surface area contributed by atoms with Crippen LogP contribution in [0.25, 0.3) is 0 Å². The summed E-state index contributed by atoms with van der Waals surface area (Å²) in [6, 6.07) is 0. The van der Waals surface area contributed by atoms with Crippen LogP contribution in [-0.4, -0.2) is 102 Å². The van der Waals surface area contributed by atoms with Gasteiger partial charge in [-0.3, -0.25) is 4.55 Å². The fourth-order valence-electron chi connectivity index (χ4n) is 1.90. The third kappa shape index (κ3) is 21.6. The molecule has 0 aromatic heterocycles. The van der Waals surface area contributed by atoms with E-state index in [0.717, 1.165) is 45.8 Å². The number of nitrogens with one attached hydrogen (secondary N) is 4. The van der Waals surface area contributed by atoms with Gasteiger partial charge in [0.1, 0.15) is 0 Å². The van der Waals surface area contributed by atoms with Gasteiger partial charge >= 0.3 is 0 Å². The summed E-state index contributed by atoms with van der Waals surface area (Å²) < 4.78 is 34.7. The van der Waals surface area contributed by atoms with Gasteiger partial charge in [-0.1, -0.05) is 0 Å². The van der Waals surface area contributed by atoms with E-state index >= 15 is 0 Å². The lowest BCUT2D eigenvalue weighted by Gasteiger charge is -2.12. The Morgan fingerprint density at radius 3 is 1.96 bits per heavy atom. The Hall–Kier alpha value is -0.370. The highest BCUT2D eigenvalue weighted by atomic mass is 32.2. The molecule has 0 bridgehead atoms. The van der Waals surface area contributed by atoms with Gasteiger partial charge in [0.15, 0.2) is 0 Å². The predicted molar refractivity (Wildman–Crippen MR) is 98.4 cm³/mol. The normalized spacial score (nSPS) is 13.2. The summed E-state index contributed by atoms with van der Waals surface area (Å²) >= 11 is 0. The van der Waals surface area contributed by atoms with Crippen molar-refractivity contribution in [2.75, 3.05) is 77.9 Å². The van der Waals surface area contributed by atoms with E-state index in [4.69, 9.17) is 15.0 Å². The van der Waals surface area contributed by atoms with Crippen molar-refractivity contribution in [3.63, 3.8) is 0 Å². The summed E-state index contributed by atoms with van der Waals surface area (Å²) in [4.78, 5) is 0. The lowest BCUT2D eigenvalue weighted by molar-refractivity contribution is 0.0376. The molecule has 25 heavy (non-hydrogen) atoms. The molecule has 152 valence electrons. The molecule has 1 atom stereocenters. The molecule has 0 aliphatic heterocycles. The molecular formula is C14H35N5O5S. The molecule has 0 saturated carbocycles. The zero-order valence-corrected chi connectivity index (χ0v) is 15.7. The van der Waals surface area contributed by atoms with E-state index in [1.54, 1.807) is 0 Å². The molecule has 8 N–H and O–H groups in total. The molecule has 0 fully saturated rings. The highest BCUT2D eigenvalue weighted by Gasteiger charge is 2.06. The lowest BCUT2D eigenvalue weighted by atomic mass is 10.3. The maximum Gasteiger partial charge on any atom is 0.264 e. The molecule has 0 rings (SSSR count). The predicted octanol–water partition coefficient (Wildman–Crippen LogP) is -3.04. The van der Waals surface area contributed by atoms with Crippen molar-refractivity contribution < 1.29 is 22.8 Å². The number of rotatable bonds is 19. The minimum absolute atomic E-state index is 0.133. The SMILES string of the molecule is NCCNCCNCCNCCNCC(O)COCCCS(=O)(=O)O. The van der Waals surface area contributed by atoms with Crippen LogP contribution in [0.4, 0.5) is 0 Å². The first-order valence-electron chi connectivity index (χ1n) is 8.69. The molecule has 1 unspecified atom stereocenters. The standard InChI is InChI=1S/C14H35N5O5S/c15-2-3-16-4-5-17-6-7-18-8-9-19-12-14(20)13-24-10-1-11-25(21,22)23/h14,16-20H,1-13,15H2,(H,21,22,23). The molecule has 0 saturated heterocycles. The smallest absolute Gasteiger partial charge is 0.264 e. The molecule has 0 aliphatic rings. The lowest BCUT2D eigenvalue weighted by Crippen LogP contribution is -2.37. The quantitative estimate of drug-likeness (QED) is 0.0900. The molecule has 0 spiro atoms. The van der Waals surface area contributed by atoms with Crippen LogP contribution in [0, 0.1) is 0 Å². The Balaban J connectivity index is 3.20. The number of aliphatic hydroxyl groups is 1. The largest absolute Gasteiger partial charge is 0.389 e. The molecule has 0 amide bonds. The first kappa shape index (κ1) is 24.6. The summed E-state index contributed by atoms with van der Waals surface area (Å²) in [7, 11) is -3.93. The Morgan fingerprint density at radius 2 is 1.44 bits per heavy atom. The first-order chi connectivity index (χ1) is 12.0. The summed E-state index contributed by atoms with van der Waals surface area (Å²) in [6.07, 6.45) is -0.437. The maximum atomic E-state index is 10.5. The van der Waals surface area contributed by atoms with Crippen LogP contribution in [0.5, 0.6) is 0 Å². The van der Waals surface area contributed by atoms with E-state index in [9.17, 15) is 13.5 Å². The van der Waals surface area contributed by atoms with Crippen molar-refractivity contribution >= 4 is 10.1 Å². The van der Waals surface area contributed by atoms with Gasteiger partial charge in [-0.15, -0.1) is 0 Å². The Bertz CT molecular complexity index is 386. The summed E-state index contributed by atoms with van der Waals surface area (Å²) in [5.41, 5.74) is 5.37. The van der Waals surface area contributed by atoms with Crippen molar-refractivity contribution in [3.05, 3.63) is 0 Å². The second-order valence-electron chi connectivity index (χ2n) is 5.61. The number of aliphatic hydroxyl groups excluding tert-OH is 1. The van der Waals surface area contributed by atoms with Crippen LogP contribution in [-0.2, 0) is 14.9 Å². The van der Waals surface area contributed by atoms with E-state index in [0.29, 0.717) is 13.1 Å². The Morgan fingerprint density at radius 1 is 0.920 bits per heavy atom. The van der Waals surface area contributed by atoms with Crippen LogP contribution in [0.15, 0.2) is 0 Å². The van der Waals surface area contributed by atoms with Crippen molar-refractivity contribution in [2.45, 2.75) is 12.5 Å². The molecule has 11 heteroatoms. The van der Waals surface area contributed by atoms with E-state index in [2.05, 4.69) is 21.3 Å². The number of nitrogens with two attached hydrogens (primary N) is 1. The number of hydrogen-bond donors (Lipinski definition) is 7. The van der Waals surface area contributed by atoms with Gasteiger partial charge in [0.2, 0.25) is 0 Å². The van der Waals surface area contributed by atoms with Crippen LogP contribution in [0.1, 0.15) is 6.42 Å². The molecule has 0 aliphatic carbocycles. The Kier molecular flexibility index (Phi) is 16.8. The zero-order chi connectivity index (χ0) is 18.8. The van der Waals surface area contributed by atoms with E-state index in [1.807, 2.05) is 0 Å². The Labute approximate surface area is 151 Å². The number of ether oxygens (including phenoxy) is 1. The molecule has 0 aromatic carbocycles. The molecule has 0 heterocycles. The average molecular weight is 386 g/mol. The molecule has 10 nitrogen and oxygen atoms in total. The number of hydrogen-bond acceptors (Lipinski definition) is 9. The van der Waals surface area contributed by atoms with Crippen molar-refractivity contribution in [2.24, 2.45) is 5.73 Å². The molecular weight excluding hydrogens is 350 g/mol. The van der Waals surface area contributed by atoms with Crippen LogP contribution in [0.3, 0.4) is 0 Å². The van der Waals surface area contributed by atoms with Gasteiger partial charge in [-0.2, -0.15) is 8.42 Å². The van der Waals surface area contributed by atoms with E-state index in [-0.39, 0.29) is 25.4 Å². The van der Waals surface area contributed by atoms with Crippen LogP contribution >= 0.6 is 0 Å². The topological polar surface area (TPSA) is 158 Å². The third-order valence-electron chi connectivity index (χ3n) is 3.14. The van der Waals surface area contributed by atoms with Gasteiger partial charge < -0.3 is 36.8 Å². The third-order valence-corrected chi connectivity index (χ3v) is 3.94. The molecule has 0 radical (unpaired) electrons. The van der Waals surface area contributed by atoms with Gasteiger partial charge in [0, 0.05) is 65.5 Å². The summed E-state index contributed by atoms with van der Waals surface area (Å²) in [5.74, 6) is -0.327. The van der Waals surface area contributed by atoms with E-state index < -0.39 is 16.2 Å². The van der Waals surface area contributed by atoms with Crippen molar-refractivity contribution in [1.29, 1.82) is 0 Å². The maximum absolute atomic E-state index is 10.5. The van der Waals surface area contributed by atoms with E-state index in [1.165, 1.54) is 0 Å². The van der Waals surface area contributed by atoms with Crippen molar-refractivity contribution in [1.82, 2.24) is 21.3 Å². The highest BCUT2D eigenvalue weighted by Crippen LogP contribution is 1.91. The fraction of sp³-hybridized carbons (Fsp3) is 1.00. The fourth-order valence-corrected chi connectivity index (χ4v) is 2.38. The average Bonchev–Trinajstić information content (AvgIpc) is 2.54. The summed E-state index contributed by atoms with van der Waals surface area (Å²) in [6.45, 7) is 7.35. The van der Waals surface area contributed by atoms with Gasteiger partial charge in [0.25, 0.3) is 10.1 Å². The minimum atomic E-state index is -3.93. The monoisotopic (exact) mass is 385 g/mol.